The normalized spacial score (nSPS) is 18.0. The van der Waals surface area contributed by atoms with Crippen LogP contribution in [0.4, 0.5) is 5.95 Å². The molecule has 7 nitrogen and oxygen atoms in total. The summed E-state index contributed by atoms with van der Waals surface area (Å²) < 4.78 is 5.37. The van der Waals surface area contributed by atoms with Crippen LogP contribution in [0.2, 0.25) is 0 Å². The van der Waals surface area contributed by atoms with Gasteiger partial charge >= 0.3 is 0 Å². The minimum Gasteiger partial charge on any atom is -0.379 e. The summed E-state index contributed by atoms with van der Waals surface area (Å²) in [6.45, 7) is 7.96. The Morgan fingerprint density at radius 3 is 2.75 bits per heavy atom. The highest BCUT2D eigenvalue weighted by molar-refractivity contribution is 5.31. The topological polar surface area (TPSA) is 73.5 Å². The summed E-state index contributed by atoms with van der Waals surface area (Å²) in [5.41, 5.74) is 3.00. The standard InChI is InChI=1S/C21H29N5O2/c27-20-18-16-26(15-17-5-2-1-3-6-17)10-7-19(18)23-21(24-20)22-8-4-9-25-11-13-28-14-12-25/h1-3,5-6H,4,7-16H2,(H2,22,23,24,27). The van der Waals surface area contributed by atoms with Gasteiger partial charge < -0.3 is 10.1 Å². The lowest BCUT2D eigenvalue weighted by Crippen LogP contribution is -2.37. The molecule has 2 aromatic rings. The summed E-state index contributed by atoms with van der Waals surface area (Å²) >= 11 is 0. The number of hydrogen-bond donors (Lipinski definition) is 2. The number of anilines is 1. The molecule has 7 heteroatoms. The maximum absolute atomic E-state index is 12.6. The molecule has 28 heavy (non-hydrogen) atoms. The number of morpholine rings is 1. The van der Waals surface area contributed by atoms with Gasteiger partial charge in [-0.25, -0.2) is 4.98 Å². The SMILES string of the molecule is O=c1[nH]c(NCCCN2CCOCC2)nc2c1CN(Cc1ccccc1)CC2. The molecular formula is C21H29N5O2. The zero-order valence-electron chi connectivity index (χ0n) is 16.3. The highest BCUT2D eigenvalue weighted by Gasteiger charge is 2.21. The maximum atomic E-state index is 12.6. The zero-order chi connectivity index (χ0) is 19.2. The Labute approximate surface area is 165 Å². The van der Waals surface area contributed by atoms with Gasteiger partial charge in [-0.15, -0.1) is 0 Å². The third kappa shape index (κ3) is 4.98. The van der Waals surface area contributed by atoms with Crippen LogP contribution in [-0.4, -0.2) is 65.7 Å². The second-order valence-electron chi connectivity index (χ2n) is 7.52. The van der Waals surface area contributed by atoms with Crippen LogP contribution in [-0.2, 0) is 24.2 Å². The van der Waals surface area contributed by atoms with E-state index in [9.17, 15) is 4.79 Å². The van der Waals surface area contributed by atoms with Crippen molar-refractivity contribution in [2.45, 2.75) is 25.9 Å². The van der Waals surface area contributed by atoms with Crippen molar-refractivity contribution in [1.82, 2.24) is 19.8 Å². The summed E-state index contributed by atoms with van der Waals surface area (Å²) in [4.78, 5) is 24.9. The first kappa shape index (κ1) is 19.1. The molecule has 4 rings (SSSR count). The van der Waals surface area contributed by atoms with Crippen molar-refractivity contribution < 1.29 is 4.74 Å². The highest BCUT2D eigenvalue weighted by atomic mass is 16.5. The summed E-state index contributed by atoms with van der Waals surface area (Å²) in [7, 11) is 0. The molecule has 1 fully saturated rings. The number of nitrogens with zero attached hydrogens (tertiary/aromatic N) is 3. The molecule has 150 valence electrons. The summed E-state index contributed by atoms with van der Waals surface area (Å²) in [5.74, 6) is 0.599. The Balaban J connectivity index is 1.30. The number of aromatic amines is 1. The van der Waals surface area contributed by atoms with Gasteiger partial charge in [-0.3, -0.25) is 19.6 Å². The first-order valence-electron chi connectivity index (χ1n) is 10.2. The predicted molar refractivity (Wildman–Crippen MR) is 109 cm³/mol. The molecule has 0 spiro atoms. The lowest BCUT2D eigenvalue weighted by molar-refractivity contribution is 0.0378. The Bertz CT molecular complexity index is 817. The number of hydrogen-bond acceptors (Lipinski definition) is 6. The van der Waals surface area contributed by atoms with Crippen LogP contribution in [0.5, 0.6) is 0 Å². The average Bonchev–Trinajstić information content (AvgIpc) is 2.73. The van der Waals surface area contributed by atoms with Crippen molar-refractivity contribution in [2.24, 2.45) is 0 Å². The van der Waals surface area contributed by atoms with E-state index in [1.807, 2.05) is 6.07 Å². The molecule has 0 radical (unpaired) electrons. The van der Waals surface area contributed by atoms with E-state index in [4.69, 9.17) is 4.74 Å². The Morgan fingerprint density at radius 2 is 1.93 bits per heavy atom. The minimum absolute atomic E-state index is 0.0153. The van der Waals surface area contributed by atoms with E-state index in [2.05, 4.69) is 49.4 Å². The molecule has 2 aliphatic rings. The number of H-pyrrole nitrogens is 1. The number of fused-ring (bicyclic) bond motifs is 1. The van der Waals surface area contributed by atoms with E-state index in [1.165, 1.54) is 5.56 Å². The molecule has 3 heterocycles. The van der Waals surface area contributed by atoms with Crippen LogP contribution >= 0.6 is 0 Å². The molecule has 1 aromatic heterocycles. The molecule has 0 bridgehead atoms. The monoisotopic (exact) mass is 383 g/mol. The third-order valence-electron chi connectivity index (χ3n) is 5.44. The lowest BCUT2D eigenvalue weighted by Gasteiger charge is -2.28. The quantitative estimate of drug-likeness (QED) is 0.706. The van der Waals surface area contributed by atoms with Crippen molar-refractivity contribution in [1.29, 1.82) is 0 Å². The van der Waals surface area contributed by atoms with E-state index < -0.39 is 0 Å². The van der Waals surface area contributed by atoms with E-state index in [-0.39, 0.29) is 5.56 Å². The van der Waals surface area contributed by atoms with Gasteiger partial charge in [-0.1, -0.05) is 30.3 Å². The molecule has 0 atom stereocenters. The van der Waals surface area contributed by atoms with Crippen LogP contribution in [0.1, 0.15) is 23.2 Å². The van der Waals surface area contributed by atoms with Crippen LogP contribution in [0.15, 0.2) is 35.1 Å². The van der Waals surface area contributed by atoms with Gasteiger partial charge in [0.1, 0.15) is 0 Å². The minimum atomic E-state index is -0.0153. The van der Waals surface area contributed by atoms with E-state index in [0.29, 0.717) is 12.5 Å². The lowest BCUT2D eigenvalue weighted by atomic mass is 10.1. The van der Waals surface area contributed by atoms with Gasteiger partial charge in [0.05, 0.1) is 24.5 Å². The van der Waals surface area contributed by atoms with E-state index >= 15 is 0 Å². The van der Waals surface area contributed by atoms with Crippen molar-refractivity contribution >= 4 is 5.95 Å². The molecule has 1 saturated heterocycles. The number of rotatable bonds is 7. The largest absolute Gasteiger partial charge is 0.379 e. The average molecular weight is 383 g/mol. The second-order valence-corrected chi connectivity index (χ2v) is 7.52. The summed E-state index contributed by atoms with van der Waals surface area (Å²) in [6, 6.07) is 10.4. The molecular weight excluding hydrogens is 354 g/mol. The van der Waals surface area contributed by atoms with Crippen LogP contribution in [0, 0.1) is 0 Å². The molecule has 0 unspecified atom stereocenters. The summed E-state index contributed by atoms with van der Waals surface area (Å²) in [6.07, 6.45) is 1.83. The highest BCUT2D eigenvalue weighted by Crippen LogP contribution is 2.17. The maximum Gasteiger partial charge on any atom is 0.257 e. The fraction of sp³-hybridized carbons (Fsp3) is 0.524. The fourth-order valence-electron chi connectivity index (χ4n) is 3.88. The van der Waals surface area contributed by atoms with Gasteiger partial charge in [0.2, 0.25) is 5.95 Å². The molecule has 1 aromatic carbocycles. The van der Waals surface area contributed by atoms with Gasteiger partial charge in [-0.2, -0.15) is 0 Å². The third-order valence-corrected chi connectivity index (χ3v) is 5.44. The fourth-order valence-corrected chi connectivity index (χ4v) is 3.88. The van der Waals surface area contributed by atoms with Crippen LogP contribution in [0.3, 0.4) is 0 Å². The van der Waals surface area contributed by atoms with Crippen LogP contribution in [0.25, 0.3) is 0 Å². The number of ether oxygens (including phenoxy) is 1. The van der Waals surface area contributed by atoms with E-state index in [0.717, 1.165) is 76.6 Å². The van der Waals surface area contributed by atoms with Crippen molar-refractivity contribution in [3.63, 3.8) is 0 Å². The Hall–Kier alpha value is -2.22. The van der Waals surface area contributed by atoms with E-state index in [1.54, 1.807) is 0 Å². The van der Waals surface area contributed by atoms with Crippen LogP contribution < -0.4 is 10.9 Å². The first-order valence-corrected chi connectivity index (χ1v) is 10.2. The molecule has 0 amide bonds. The van der Waals surface area contributed by atoms with Crippen molar-refractivity contribution in [2.75, 3.05) is 51.3 Å². The smallest absolute Gasteiger partial charge is 0.257 e. The number of benzene rings is 1. The predicted octanol–water partition coefficient (Wildman–Crippen LogP) is 1.46. The van der Waals surface area contributed by atoms with Crippen molar-refractivity contribution in [3.05, 3.63) is 57.5 Å². The Morgan fingerprint density at radius 1 is 1.11 bits per heavy atom. The molecule has 0 aliphatic carbocycles. The zero-order valence-corrected chi connectivity index (χ0v) is 16.3. The first-order chi connectivity index (χ1) is 13.8. The molecule has 2 N–H and O–H groups in total. The second kappa shape index (κ2) is 9.32. The molecule has 0 saturated carbocycles. The molecule has 2 aliphatic heterocycles. The van der Waals surface area contributed by atoms with Gasteiger partial charge in [-0.05, 0) is 18.5 Å². The number of aromatic nitrogens is 2. The van der Waals surface area contributed by atoms with Gasteiger partial charge in [0.25, 0.3) is 5.56 Å². The van der Waals surface area contributed by atoms with Crippen molar-refractivity contribution in [3.8, 4) is 0 Å². The summed E-state index contributed by atoms with van der Waals surface area (Å²) in [5, 5.41) is 3.29. The number of nitrogens with one attached hydrogen (secondary N) is 2. The van der Waals surface area contributed by atoms with Gasteiger partial charge in [0.15, 0.2) is 0 Å². The Kier molecular flexibility index (Phi) is 6.36. The van der Waals surface area contributed by atoms with Gasteiger partial charge in [0, 0.05) is 45.7 Å².